The van der Waals surface area contributed by atoms with Gasteiger partial charge in [0.25, 0.3) is 11.6 Å². The normalized spacial score (nSPS) is 11.0. The molecule has 0 unspecified atom stereocenters. The minimum Gasteiger partial charge on any atom is -0.488 e. The zero-order chi connectivity index (χ0) is 19.4. The van der Waals surface area contributed by atoms with Crippen LogP contribution in [0.4, 0.5) is 11.6 Å². The van der Waals surface area contributed by atoms with Crippen molar-refractivity contribution in [3.05, 3.63) is 67.7 Å². The van der Waals surface area contributed by atoms with Gasteiger partial charge in [0.2, 0.25) is 0 Å². The van der Waals surface area contributed by atoms with Gasteiger partial charge in [-0.2, -0.15) is 5.10 Å². The van der Waals surface area contributed by atoms with E-state index in [0.717, 1.165) is 4.79 Å². The van der Waals surface area contributed by atoms with Crippen LogP contribution in [0, 0.1) is 10.1 Å². The van der Waals surface area contributed by atoms with Gasteiger partial charge in [-0.3, -0.25) is 10.1 Å². The molecule has 3 aromatic rings. The summed E-state index contributed by atoms with van der Waals surface area (Å²) in [5.41, 5.74) is 6.44. The molecular formula is C15H11Cl2N7O3. The van der Waals surface area contributed by atoms with Crippen LogP contribution in [-0.4, -0.2) is 31.5 Å². The summed E-state index contributed by atoms with van der Waals surface area (Å²) in [7, 11) is 0. The molecule has 0 spiro atoms. The van der Waals surface area contributed by atoms with Gasteiger partial charge < -0.3 is 10.5 Å². The molecular weight excluding hydrogens is 397 g/mol. The molecule has 1 heterocycles. The van der Waals surface area contributed by atoms with Crippen LogP contribution in [0.3, 0.4) is 0 Å². The third kappa shape index (κ3) is 4.49. The molecule has 1 aromatic heterocycles. The number of hydrogen-bond acceptors (Lipinski definition) is 8. The van der Waals surface area contributed by atoms with E-state index in [1.165, 1.54) is 24.4 Å². The lowest BCUT2D eigenvalue weighted by Crippen LogP contribution is -2.02. The van der Waals surface area contributed by atoms with Crippen molar-refractivity contribution in [2.45, 2.75) is 6.61 Å². The Hall–Kier alpha value is -3.24. The summed E-state index contributed by atoms with van der Waals surface area (Å²) in [6.07, 6.45) is 1.30. The van der Waals surface area contributed by atoms with E-state index in [0.29, 0.717) is 26.9 Å². The minimum absolute atomic E-state index is 0.0351. The van der Waals surface area contributed by atoms with Crippen molar-refractivity contribution in [3.63, 3.8) is 0 Å². The molecule has 0 aliphatic heterocycles. The Bertz CT molecular complexity index is 1020. The summed E-state index contributed by atoms with van der Waals surface area (Å²) in [5, 5.41) is 26.4. The van der Waals surface area contributed by atoms with Crippen LogP contribution in [0.5, 0.6) is 5.75 Å². The van der Waals surface area contributed by atoms with E-state index >= 15 is 0 Å². The molecule has 0 aliphatic carbocycles. The van der Waals surface area contributed by atoms with E-state index in [-0.39, 0.29) is 18.2 Å². The van der Waals surface area contributed by atoms with Crippen molar-refractivity contribution in [2.24, 2.45) is 5.10 Å². The first-order chi connectivity index (χ1) is 12.9. The number of nitrogens with two attached hydrogens (primary N) is 1. The highest BCUT2D eigenvalue weighted by Gasteiger charge is 2.12. The SMILES string of the molecule is Nc1nnnn1/N=C/c1cc([N+](=O)[O-])ccc1OCc1ccc(Cl)cc1Cl. The number of nitrogen functional groups attached to an aromatic ring is 1. The van der Waals surface area contributed by atoms with E-state index in [9.17, 15) is 10.1 Å². The molecule has 3 rings (SSSR count). The van der Waals surface area contributed by atoms with Crippen molar-refractivity contribution >= 4 is 41.1 Å². The Kier molecular flexibility index (Phi) is 5.48. The second-order valence-electron chi connectivity index (χ2n) is 5.17. The Morgan fingerprint density at radius 1 is 1.30 bits per heavy atom. The van der Waals surface area contributed by atoms with E-state index in [1.54, 1.807) is 18.2 Å². The van der Waals surface area contributed by atoms with Gasteiger partial charge in [0.1, 0.15) is 12.4 Å². The van der Waals surface area contributed by atoms with Gasteiger partial charge in [0.05, 0.1) is 11.1 Å². The number of nitro groups is 1. The molecule has 0 aliphatic rings. The third-order valence-corrected chi connectivity index (χ3v) is 3.97. The maximum Gasteiger partial charge on any atom is 0.270 e. The van der Waals surface area contributed by atoms with Crippen molar-refractivity contribution in [3.8, 4) is 5.75 Å². The lowest BCUT2D eigenvalue weighted by Gasteiger charge is -2.10. The Morgan fingerprint density at radius 3 is 2.78 bits per heavy atom. The molecule has 0 saturated heterocycles. The molecule has 0 amide bonds. The van der Waals surface area contributed by atoms with E-state index in [2.05, 4.69) is 20.6 Å². The fourth-order valence-corrected chi connectivity index (χ4v) is 2.53. The summed E-state index contributed by atoms with van der Waals surface area (Å²) >= 11 is 12.0. The number of aromatic nitrogens is 4. The van der Waals surface area contributed by atoms with E-state index in [1.807, 2.05) is 0 Å². The lowest BCUT2D eigenvalue weighted by molar-refractivity contribution is -0.384. The van der Waals surface area contributed by atoms with Gasteiger partial charge in [-0.05, 0) is 28.6 Å². The van der Waals surface area contributed by atoms with Crippen molar-refractivity contribution in [1.82, 2.24) is 20.3 Å². The first-order valence-corrected chi connectivity index (χ1v) is 8.13. The topological polar surface area (TPSA) is 134 Å². The number of anilines is 1. The highest BCUT2D eigenvalue weighted by molar-refractivity contribution is 6.35. The Balaban J connectivity index is 1.88. The van der Waals surface area contributed by atoms with Crippen LogP contribution < -0.4 is 10.5 Å². The van der Waals surface area contributed by atoms with Crippen LogP contribution in [0.1, 0.15) is 11.1 Å². The number of ether oxygens (including phenoxy) is 1. The first kappa shape index (κ1) is 18.5. The number of nitrogens with zero attached hydrogens (tertiary/aromatic N) is 6. The Morgan fingerprint density at radius 2 is 2.11 bits per heavy atom. The predicted molar refractivity (Wildman–Crippen MR) is 99.1 cm³/mol. The molecule has 0 atom stereocenters. The molecule has 12 heteroatoms. The van der Waals surface area contributed by atoms with Gasteiger partial charge in [-0.15, -0.1) is 0 Å². The number of halogens is 2. The number of benzene rings is 2. The molecule has 138 valence electrons. The monoisotopic (exact) mass is 407 g/mol. The highest BCUT2D eigenvalue weighted by atomic mass is 35.5. The molecule has 0 radical (unpaired) electrons. The zero-order valence-corrected chi connectivity index (χ0v) is 15.0. The third-order valence-electron chi connectivity index (χ3n) is 3.39. The number of rotatable bonds is 6. The fraction of sp³-hybridized carbons (Fsp3) is 0.0667. The number of non-ortho nitro benzene ring substituents is 1. The summed E-state index contributed by atoms with van der Waals surface area (Å²) < 4.78 is 5.75. The molecule has 0 bridgehead atoms. The van der Waals surface area contributed by atoms with Gasteiger partial charge >= 0.3 is 0 Å². The lowest BCUT2D eigenvalue weighted by atomic mass is 10.2. The quantitative estimate of drug-likeness (QED) is 0.376. The first-order valence-electron chi connectivity index (χ1n) is 7.37. The average Bonchev–Trinajstić information content (AvgIpc) is 3.04. The summed E-state index contributed by atoms with van der Waals surface area (Å²) in [6.45, 7) is 0.127. The summed E-state index contributed by atoms with van der Waals surface area (Å²) in [5.74, 6) is 0.314. The summed E-state index contributed by atoms with van der Waals surface area (Å²) in [6, 6.07) is 9.10. The van der Waals surface area contributed by atoms with Gasteiger partial charge in [0, 0.05) is 33.3 Å². The van der Waals surface area contributed by atoms with E-state index < -0.39 is 4.92 Å². The van der Waals surface area contributed by atoms with Crippen LogP contribution in [-0.2, 0) is 6.61 Å². The van der Waals surface area contributed by atoms with Crippen molar-refractivity contribution < 1.29 is 9.66 Å². The van der Waals surface area contributed by atoms with E-state index in [4.69, 9.17) is 33.7 Å². The van der Waals surface area contributed by atoms with Crippen LogP contribution in [0.25, 0.3) is 0 Å². The number of hydrogen-bond donors (Lipinski definition) is 1. The second kappa shape index (κ2) is 7.98. The predicted octanol–water partition coefficient (Wildman–Crippen LogP) is 2.93. The largest absolute Gasteiger partial charge is 0.488 e. The molecule has 10 nitrogen and oxygen atoms in total. The smallest absolute Gasteiger partial charge is 0.270 e. The number of nitro benzene ring substituents is 1. The Labute approximate surface area is 162 Å². The molecule has 0 fully saturated rings. The van der Waals surface area contributed by atoms with Crippen LogP contribution in [0.2, 0.25) is 10.0 Å². The van der Waals surface area contributed by atoms with Crippen molar-refractivity contribution in [1.29, 1.82) is 0 Å². The molecule has 27 heavy (non-hydrogen) atoms. The van der Waals surface area contributed by atoms with Crippen LogP contribution >= 0.6 is 23.2 Å². The zero-order valence-electron chi connectivity index (χ0n) is 13.5. The molecule has 2 N–H and O–H groups in total. The minimum atomic E-state index is -0.525. The van der Waals surface area contributed by atoms with Gasteiger partial charge in [-0.1, -0.05) is 39.2 Å². The van der Waals surface area contributed by atoms with Crippen molar-refractivity contribution in [2.75, 3.05) is 5.73 Å². The van der Waals surface area contributed by atoms with Gasteiger partial charge in [-0.25, -0.2) is 0 Å². The maximum atomic E-state index is 11.0. The number of tetrazole rings is 1. The maximum absolute atomic E-state index is 11.0. The molecule has 0 saturated carbocycles. The highest BCUT2D eigenvalue weighted by Crippen LogP contribution is 2.26. The van der Waals surface area contributed by atoms with Crippen LogP contribution in [0.15, 0.2) is 41.5 Å². The van der Waals surface area contributed by atoms with Gasteiger partial charge in [0.15, 0.2) is 0 Å². The fourth-order valence-electron chi connectivity index (χ4n) is 2.06. The molecule has 2 aromatic carbocycles. The average molecular weight is 408 g/mol. The standard InChI is InChI=1S/C15H11Cl2N7O3/c16-11-2-1-9(13(17)6-11)8-27-14-4-3-12(24(25)26)5-10(14)7-19-23-15(18)20-21-22-23/h1-7H,8H2,(H2,18,20,22)/b19-7+. The second-order valence-corrected chi connectivity index (χ2v) is 6.02. The summed E-state index contributed by atoms with van der Waals surface area (Å²) in [4.78, 5) is 11.5.